The van der Waals surface area contributed by atoms with Crippen molar-refractivity contribution >= 4 is 0 Å². The second-order valence-corrected chi connectivity index (χ2v) is 3.32. The van der Waals surface area contributed by atoms with Crippen molar-refractivity contribution in [3.05, 3.63) is 0 Å². The van der Waals surface area contributed by atoms with E-state index in [2.05, 4.69) is 19.2 Å². The first-order chi connectivity index (χ1) is 5.74. The monoisotopic (exact) mass is 173 g/mol. The highest BCUT2D eigenvalue weighted by Gasteiger charge is 2.03. The molecule has 0 fully saturated rings. The van der Waals surface area contributed by atoms with Gasteiger partial charge in [0.25, 0.3) is 0 Å². The molecule has 0 rings (SSSR count). The van der Waals surface area contributed by atoms with Gasteiger partial charge in [0, 0.05) is 6.04 Å². The largest absolute Gasteiger partial charge is 0.393 e. The van der Waals surface area contributed by atoms with Gasteiger partial charge in [0.1, 0.15) is 0 Å². The average molecular weight is 173 g/mol. The minimum Gasteiger partial charge on any atom is -0.393 e. The SMILES string of the molecule is CCC(O)CCNC(CC)CC. The van der Waals surface area contributed by atoms with Crippen molar-refractivity contribution in [1.82, 2.24) is 5.32 Å². The van der Waals surface area contributed by atoms with Crippen LogP contribution in [-0.4, -0.2) is 23.8 Å². The van der Waals surface area contributed by atoms with Crippen molar-refractivity contribution in [3.8, 4) is 0 Å². The van der Waals surface area contributed by atoms with Crippen LogP contribution in [0.4, 0.5) is 0 Å². The van der Waals surface area contributed by atoms with Crippen LogP contribution in [0, 0.1) is 0 Å². The topological polar surface area (TPSA) is 32.3 Å². The maximum atomic E-state index is 9.28. The number of nitrogens with one attached hydrogen (secondary N) is 1. The first-order valence-corrected chi connectivity index (χ1v) is 5.15. The fraction of sp³-hybridized carbons (Fsp3) is 1.00. The Balaban J connectivity index is 3.28. The van der Waals surface area contributed by atoms with E-state index in [1.165, 1.54) is 12.8 Å². The quantitative estimate of drug-likeness (QED) is 0.616. The molecule has 0 radical (unpaired) electrons. The lowest BCUT2D eigenvalue weighted by Crippen LogP contribution is -2.30. The van der Waals surface area contributed by atoms with Crippen LogP contribution in [0.3, 0.4) is 0 Å². The van der Waals surface area contributed by atoms with Crippen molar-refractivity contribution in [2.24, 2.45) is 0 Å². The summed E-state index contributed by atoms with van der Waals surface area (Å²) >= 11 is 0. The van der Waals surface area contributed by atoms with E-state index in [9.17, 15) is 5.11 Å². The fourth-order valence-electron chi connectivity index (χ4n) is 1.24. The van der Waals surface area contributed by atoms with Gasteiger partial charge in [-0.15, -0.1) is 0 Å². The van der Waals surface area contributed by atoms with E-state index >= 15 is 0 Å². The van der Waals surface area contributed by atoms with Crippen molar-refractivity contribution in [2.45, 2.75) is 58.6 Å². The van der Waals surface area contributed by atoms with Crippen LogP contribution in [0.15, 0.2) is 0 Å². The van der Waals surface area contributed by atoms with Gasteiger partial charge in [-0.05, 0) is 32.2 Å². The summed E-state index contributed by atoms with van der Waals surface area (Å²) in [4.78, 5) is 0. The molecule has 0 heterocycles. The van der Waals surface area contributed by atoms with Crippen LogP contribution in [0.5, 0.6) is 0 Å². The van der Waals surface area contributed by atoms with Crippen LogP contribution >= 0.6 is 0 Å². The predicted octanol–water partition coefficient (Wildman–Crippen LogP) is 1.93. The molecule has 1 unspecified atom stereocenters. The highest BCUT2D eigenvalue weighted by atomic mass is 16.3. The smallest absolute Gasteiger partial charge is 0.0549 e. The van der Waals surface area contributed by atoms with Gasteiger partial charge in [-0.2, -0.15) is 0 Å². The standard InChI is InChI=1S/C10H23NO/c1-4-9(5-2)11-8-7-10(12)6-3/h9-12H,4-8H2,1-3H3. The third kappa shape index (κ3) is 5.56. The Hall–Kier alpha value is -0.0800. The van der Waals surface area contributed by atoms with E-state index in [0.717, 1.165) is 19.4 Å². The molecule has 0 bridgehead atoms. The Bertz CT molecular complexity index is 91.8. The van der Waals surface area contributed by atoms with Crippen molar-refractivity contribution in [3.63, 3.8) is 0 Å². The van der Waals surface area contributed by atoms with Crippen molar-refractivity contribution < 1.29 is 5.11 Å². The highest BCUT2D eigenvalue weighted by molar-refractivity contribution is 4.63. The third-order valence-corrected chi connectivity index (χ3v) is 2.37. The zero-order chi connectivity index (χ0) is 9.40. The summed E-state index contributed by atoms with van der Waals surface area (Å²) in [5, 5.41) is 12.7. The Labute approximate surface area is 76.4 Å². The van der Waals surface area contributed by atoms with E-state index in [-0.39, 0.29) is 6.10 Å². The molecular formula is C10H23NO. The average Bonchev–Trinajstić information content (AvgIpc) is 2.12. The molecule has 12 heavy (non-hydrogen) atoms. The van der Waals surface area contributed by atoms with Crippen LogP contribution < -0.4 is 5.32 Å². The summed E-state index contributed by atoms with van der Waals surface area (Å²) in [6, 6.07) is 0.633. The van der Waals surface area contributed by atoms with Crippen molar-refractivity contribution in [1.29, 1.82) is 0 Å². The molecular weight excluding hydrogens is 150 g/mol. The molecule has 2 N–H and O–H groups in total. The second kappa shape index (κ2) is 7.56. The first-order valence-electron chi connectivity index (χ1n) is 5.15. The Morgan fingerprint density at radius 2 is 1.67 bits per heavy atom. The maximum absolute atomic E-state index is 9.28. The molecule has 0 aromatic heterocycles. The van der Waals surface area contributed by atoms with Crippen LogP contribution in [0.1, 0.15) is 46.5 Å². The number of aliphatic hydroxyl groups excluding tert-OH is 1. The van der Waals surface area contributed by atoms with E-state index < -0.39 is 0 Å². The Morgan fingerprint density at radius 3 is 2.08 bits per heavy atom. The van der Waals surface area contributed by atoms with Gasteiger partial charge in [0.15, 0.2) is 0 Å². The number of hydrogen-bond donors (Lipinski definition) is 2. The summed E-state index contributed by atoms with van der Waals surface area (Å²) in [5.74, 6) is 0. The molecule has 0 aromatic rings. The number of aliphatic hydroxyl groups is 1. The van der Waals surface area contributed by atoms with Gasteiger partial charge in [-0.1, -0.05) is 20.8 Å². The predicted molar refractivity (Wildman–Crippen MR) is 53.3 cm³/mol. The summed E-state index contributed by atoms with van der Waals surface area (Å²) in [6.07, 6.45) is 3.99. The molecule has 0 saturated carbocycles. The number of rotatable bonds is 7. The van der Waals surface area contributed by atoms with Crippen LogP contribution in [0.2, 0.25) is 0 Å². The zero-order valence-corrected chi connectivity index (χ0v) is 8.64. The van der Waals surface area contributed by atoms with E-state index in [1.54, 1.807) is 0 Å². The summed E-state index contributed by atoms with van der Waals surface area (Å²) in [7, 11) is 0. The lowest BCUT2D eigenvalue weighted by Gasteiger charge is -2.15. The van der Waals surface area contributed by atoms with E-state index in [0.29, 0.717) is 6.04 Å². The van der Waals surface area contributed by atoms with E-state index in [1.807, 2.05) is 6.92 Å². The maximum Gasteiger partial charge on any atom is 0.0549 e. The summed E-state index contributed by atoms with van der Waals surface area (Å²) in [5.41, 5.74) is 0. The lowest BCUT2D eigenvalue weighted by molar-refractivity contribution is 0.158. The molecule has 0 aliphatic rings. The molecule has 74 valence electrons. The first kappa shape index (κ1) is 11.9. The fourth-order valence-corrected chi connectivity index (χ4v) is 1.24. The summed E-state index contributed by atoms with van der Waals surface area (Å²) < 4.78 is 0. The normalized spacial score (nSPS) is 13.8. The molecule has 0 aromatic carbocycles. The summed E-state index contributed by atoms with van der Waals surface area (Å²) in [6.45, 7) is 7.35. The zero-order valence-electron chi connectivity index (χ0n) is 8.64. The minimum absolute atomic E-state index is 0.119. The van der Waals surface area contributed by atoms with Crippen LogP contribution in [0.25, 0.3) is 0 Å². The van der Waals surface area contributed by atoms with E-state index in [4.69, 9.17) is 0 Å². The van der Waals surface area contributed by atoms with Gasteiger partial charge in [0.2, 0.25) is 0 Å². The van der Waals surface area contributed by atoms with Gasteiger partial charge in [-0.3, -0.25) is 0 Å². The van der Waals surface area contributed by atoms with Gasteiger partial charge >= 0.3 is 0 Å². The van der Waals surface area contributed by atoms with Gasteiger partial charge in [0.05, 0.1) is 6.10 Å². The molecule has 0 amide bonds. The van der Waals surface area contributed by atoms with Gasteiger partial charge in [-0.25, -0.2) is 0 Å². The molecule has 0 spiro atoms. The minimum atomic E-state index is -0.119. The molecule has 2 heteroatoms. The number of hydrogen-bond acceptors (Lipinski definition) is 2. The molecule has 1 atom stereocenters. The van der Waals surface area contributed by atoms with Gasteiger partial charge < -0.3 is 10.4 Å². The molecule has 0 aliphatic carbocycles. The third-order valence-electron chi connectivity index (χ3n) is 2.37. The highest BCUT2D eigenvalue weighted by Crippen LogP contribution is 1.98. The second-order valence-electron chi connectivity index (χ2n) is 3.32. The Kier molecular flexibility index (Phi) is 7.51. The van der Waals surface area contributed by atoms with Crippen molar-refractivity contribution in [2.75, 3.05) is 6.54 Å². The lowest BCUT2D eigenvalue weighted by atomic mass is 10.1. The Morgan fingerprint density at radius 1 is 1.08 bits per heavy atom. The molecule has 2 nitrogen and oxygen atoms in total. The molecule has 0 saturated heterocycles. The molecule has 0 aliphatic heterocycles. The van der Waals surface area contributed by atoms with Crippen LogP contribution in [-0.2, 0) is 0 Å².